The van der Waals surface area contributed by atoms with Gasteiger partial charge in [0.15, 0.2) is 9.84 Å². The summed E-state index contributed by atoms with van der Waals surface area (Å²) in [4.78, 5) is 11.4. The molecule has 2 rings (SSSR count). The molecule has 0 spiro atoms. The number of carbonyl (C=O) groups excluding carboxylic acids is 1. The fourth-order valence-corrected chi connectivity index (χ4v) is 3.38. The predicted molar refractivity (Wildman–Crippen MR) is 55.1 cm³/mol. The minimum absolute atomic E-state index is 0.133. The molecule has 2 fully saturated rings. The Balaban J connectivity index is 1.83. The van der Waals surface area contributed by atoms with Crippen LogP contribution in [-0.4, -0.2) is 44.7 Å². The number of carbonyl (C=O) groups is 1. The van der Waals surface area contributed by atoms with E-state index in [4.69, 9.17) is 0 Å². The minimum atomic E-state index is -3.09. The molecule has 2 aliphatic rings. The number of sulfone groups is 1. The smallest absolute Gasteiger partial charge is 0.316 e. The first-order chi connectivity index (χ1) is 7.08. The first-order valence-electron chi connectivity index (χ1n) is 5.07. The molecule has 0 aliphatic carbocycles. The van der Waals surface area contributed by atoms with Gasteiger partial charge in [-0.15, -0.1) is 0 Å². The molecule has 0 aromatic rings. The van der Waals surface area contributed by atoms with Crippen molar-refractivity contribution in [1.29, 1.82) is 0 Å². The third-order valence-electron chi connectivity index (χ3n) is 2.74. The minimum Gasteiger partial charge on any atom is -0.333 e. The van der Waals surface area contributed by atoms with E-state index < -0.39 is 15.2 Å². The lowest BCUT2D eigenvalue weighted by atomic mass is 10.2. The first-order valence-corrected chi connectivity index (χ1v) is 6.79. The van der Waals surface area contributed by atoms with E-state index in [1.165, 1.54) is 0 Å². The van der Waals surface area contributed by atoms with Crippen LogP contribution in [0.2, 0.25) is 0 Å². The molecule has 3 N–H and O–H groups in total. The maximum atomic E-state index is 11.4. The Morgan fingerprint density at radius 1 is 1.27 bits per heavy atom. The highest BCUT2D eigenvalue weighted by Crippen LogP contribution is 2.17. The molecule has 7 heteroatoms. The highest BCUT2D eigenvalue weighted by Gasteiger charge is 2.33. The maximum Gasteiger partial charge on any atom is 0.316 e. The van der Waals surface area contributed by atoms with Gasteiger partial charge in [-0.25, -0.2) is 13.2 Å². The molecular formula is C8H15N3O3S. The van der Waals surface area contributed by atoms with Gasteiger partial charge in [0.2, 0.25) is 0 Å². The molecule has 0 saturated carbocycles. The van der Waals surface area contributed by atoms with Crippen molar-refractivity contribution in [1.82, 2.24) is 16.0 Å². The van der Waals surface area contributed by atoms with Gasteiger partial charge < -0.3 is 16.0 Å². The van der Waals surface area contributed by atoms with Crippen molar-refractivity contribution in [2.75, 3.05) is 18.8 Å². The van der Waals surface area contributed by atoms with Crippen molar-refractivity contribution in [3.05, 3.63) is 0 Å². The van der Waals surface area contributed by atoms with Crippen molar-refractivity contribution < 1.29 is 13.2 Å². The van der Waals surface area contributed by atoms with Gasteiger partial charge in [0.05, 0.1) is 11.8 Å². The lowest BCUT2D eigenvalue weighted by Crippen LogP contribution is -2.59. The van der Waals surface area contributed by atoms with Gasteiger partial charge >= 0.3 is 6.03 Å². The van der Waals surface area contributed by atoms with E-state index in [0.29, 0.717) is 12.8 Å². The molecule has 1 atom stereocenters. The van der Waals surface area contributed by atoms with E-state index in [1.807, 2.05) is 0 Å². The second-order valence-electron chi connectivity index (χ2n) is 3.97. The monoisotopic (exact) mass is 233 g/mol. The third kappa shape index (κ3) is 2.40. The summed E-state index contributed by atoms with van der Waals surface area (Å²) in [7, 11) is -3.09. The number of hydrogen-bond donors (Lipinski definition) is 3. The zero-order chi connectivity index (χ0) is 10.9. The summed E-state index contributed by atoms with van der Waals surface area (Å²) in [5.74, 6) is 0.183. The van der Waals surface area contributed by atoms with E-state index in [-0.39, 0.29) is 17.8 Å². The summed E-state index contributed by atoms with van der Waals surface area (Å²) in [5.41, 5.74) is 0. The van der Waals surface area contributed by atoms with Crippen LogP contribution in [0.25, 0.3) is 0 Å². The molecule has 15 heavy (non-hydrogen) atoms. The number of amides is 2. The second kappa shape index (κ2) is 3.97. The van der Waals surface area contributed by atoms with Crippen LogP contribution in [0.3, 0.4) is 0 Å². The molecule has 2 aliphatic heterocycles. The van der Waals surface area contributed by atoms with Crippen LogP contribution in [0.5, 0.6) is 0 Å². The average molecular weight is 233 g/mol. The zero-order valence-corrected chi connectivity index (χ0v) is 9.14. The number of nitrogens with one attached hydrogen (secondary N) is 3. The molecule has 2 saturated heterocycles. The molecular weight excluding hydrogens is 218 g/mol. The van der Waals surface area contributed by atoms with Gasteiger partial charge in [-0.05, 0) is 12.8 Å². The van der Waals surface area contributed by atoms with E-state index in [1.54, 1.807) is 0 Å². The van der Waals surface area contributed by atoms with E-state index in [9.17, 15) is 13.2 Å². The van der Waals surface area contributed by atoms with Crippen molar-refractivity contribution >= 4 is 15.9 Å². The summed E-state index contributed by atoms with van der Waals surface area (Å²) in [6.07, 6.45) is 1.16. The highest BCUT2D eigenvalue weighted by atomic mass is 32.2. The average Bonchev–Trinajstić information content (AvgIpc) is 2.39. The van der Waals surface area contributed by atoms with Gasteiger partial charge in [0.1, 0.15) is 5.37 Å². The number of hydrogen-bond acceptors (Lipinski definition) is 4. The maximum absolute atomic E-state index is 11.4. The predicted octanol–water partition coefficient (Wildman–Crippen LogP) is -1.21. The Hall–Kier alpha value is -0.820. The van der Waals surface area contributed by atoms with E-state index in [0.717, 1.165) is 13.1 Å². The van der Waals surface area contributed by atoms with Gasteiger partial charge in [-0.1, -0.05) is 0 Å². The van der Waals surface area contributed by atoms with Crippen molar-refractivity contribution in [3.63, 3.8) is 0 Å². The van der Waals surface area contributed by atoms with Crippen LogP contribution in [0.1, 0.15) is 12.8 Å². The quantitative estimate of drug-likeness (QED) is 0.558. The Morgan fingerprint density at radius 3 is 2.47 bits per heavy atom. The van der Waals surface area contributed by atoms with Crippen molar-refractivity contribution in [2.45, 2.75) is 24.3 Å². The third-order valence-corrected chi connectivity index (χ3v) is 4.82. The van der Waals surface area contributed by atoms with Crippen LogP contribution in [0.4, 0.5) is 4.79 Å². The van der Waals surface area contributed by atoms with E-state index >= 15 is 0 Å². The Kier molecular flexibility index (Phi) is 2.83. The molecule has 86 valence electrons. The largest absolute Gasteiger partial charge is 0.333 e. The topological polar surface area (TPSA) is 87.3 Å². The molecule has 2 amide bonds. The molecule has 0 bridgehead atoms. The first kappa shape index (κ1) is 10.7. The van der Waals surface area contributed by atoms with E-state index in [2.05, 4.69) is 16.0 Å². The summed E-state index contributed by atoms with van der Waals surface area (Å²) in [5, 5.41) is 7.53. The van der Waals surface area contributed by atoms with Gasteiger partial charge in [-0.3, -0.25) is 0 Å². The lowest BCUT2D eigenvalue weighted by molar-refractivity contribution is 0.230. The standard InChI is InChI=1S/C8H15N3O3S/c12-8(10-6-4-9-5-6)11-7-2-1-3-15(7,13)14/h6-7,9H,1-5H2,(H2,10,11,12). The summed E-state index contributed by atoms with van der Waals surface area (Å²) < 4.78 is 22.8. The van der Waals surface area contributed by atoms with Crippen LogP contribution in [0, 0.1) is 0 Å². The summed E-state index contributed by atoms with van der Waals surface area (Å²) in [6, 6.07) is -0.244. The van der Waals surface area contributed by atoms with Gasteiger partial charge in [0.25, 0.3) is 0 Å². The molecule has 1 unspecified atom stereocenters. The Morgan fingerprint density at radius 2 is 2.00 bits per heavy atom. The fourth-order valence-electron chi connectivity index (χ4n) is 1.72. The highest BCUT2D eigenvalue weighted by molar-refractivity contribution is 7.92. The molecule has 0 radical (unpaired) electrons. The Labute approximate surface area is 88.7 Å². The fraction of sp³-hybridized carbons (Fsp3) is 0.875. The second-order valence-corrected chi connectivity index (χ2v) is 6.27. The lowest BCUT2D eigenvalue weighted by Gasteiger charge is -2.28. The molecule has 0 aromatic heterocycles. The van der Waals surface area contributed by atoms with Crippen LogP contribution < -0.4 is 16.0 Å². The molecule has 6 nitrogen and oxygen atoms in total. The summed E-state index contributed by atoms with van der Waals surface area (Å²) in [6.45, 7) is 1.51. The van der Waals surface area contributed by atoms with Gasteiger partial charge in [-0.2, -0.15) is 0 Å². The van der Waals surface area contributed by atoms with Crippen molar-refractivity contribution in [2.24, 2.45) is 0 Å². The van der Waals surface area contributed by atoms with Gasteiger partial charge in [0, 0.05) is 13.1 Å². The number of urea groups is 1. The van der Waals surface area contributed by atoms with Crippen molar-refractivity contribution in [3.8, 4) is 0 Å². The number of rotatable bonds is 2. The van der Waals surface area contributed by atoms with Crippen LogP contribution in [-0.2, 0) is 9.84 Å². The Bertz CT molecular complexity index is 350. The van der Waals surface area contributed by atoms with Crippen LogP contribution >= 0.6 is 0 Å². The molecule has 2 heterocycles. The SMILES string of the molecule is O=C(NC1CNC1)NC1CCCS1(=O)=O. The molecule has 0 aromatic carbocycles. The van der Waals surface area contributed by atoms with Crippen LogP contribution in [0.15, 0.2) is 0 Å². The zero-order valence-electron chi connectivity index (χ0n) is 8.32. The normalized spacial score (nSPS) is 29.5. The summed E-state index contributed by atoms with van der Waals surface area (Å²) >= 11 is 0.